The molecule has 1 saturated carbocycles. The van der Waals surface area contributed by atoms with Gasteiger partial charge in [-0.3, -0.25) is 4.79 Å². The van der Waals surface area contributed by atoms with E-state index in [1.54, 1.807) is 55.1 Å². The first-order valence-corrected chi connectivity index (χ1v) is 12.5. The van der Waals surface area contributed by atoms with Crippen molar-refractivity contribution in [1.29, 1.82) is 0 Å². The third-order valence-corrected chi connectivity index (χ3v) is 7.88. The van der Waals surface area contributed by atoms with Crippen LogP contribution < -0.4 is 0 Å². The molecular weight excluding hydrogens is 464 g/mol. The van der Waals surface area contributed by atoms with Crippen molar-refractivity contribution in [1.82, 2.24) is 19.4 Å². The molecule has 1 aliphatic carbocycles. The monoisotopic (exact) mass is 488 g/mol. The minimum Gasteiger partial charge on any atom is -0.419 e. The highest BCUT2D eigenvalue weighted by atomic mass is 35.5. The highest BCUT2D eigenvalue weighted by molar-refractivity contribution is 7.89. The van der Waals surface area contributed by atoms with Gasteiger partial charge in [0.25, 0.3) is 5.91 Å². The SMILES string of the molecule is CC(C)N(C)S(=O)(=O)c1cccc(C(=O)N(Cc2nnc(-c3ccc(Cl)cc3)o2)C2CC2)c1. The van der Waals surface area contributed by atoms with Crippen molar-refractivity contribution >= 4 is 27.5 Å². The van der Waals surface area contributed by atoms with Gasteiger partial charge in [0.1, 0.15) is 0 Å². The van der Waals surface area contributed by atoms with Crippen molar-refractivity contribution in [2.75, 3.05) is 7.05 Å². The summed E-state index contributed by atoms with van der Waals surface area (Å²) in [7, 11) is -2.17. The van der Waals surface area contributed by atoms with Crippen LogP contribution in [0.25, 0.3) is 11.5 Å². The Morgan fingerprint density at radius 1 is 1.15 bits per heavy atom. The molecule has 0 atom stereocenters. The van der Waals surface area contributed by atoms with E-state index in [4.69, 9.17) is 16.0 Å². The maximum absolute atomic E-state index is 13.3. The second-order valence-electron chi connectivity index (χ2n) is 8.31. The van der Waals surface area contributed by atoms with Gasteiger partial charge in [0.05, 0.1) is 11.4 Å². The van der Waals surface area contributed by atoms with Gasteiger partial charge in [0, 0.05) is 35.3 Å². The Hall–Kier alpha value is -2.75. The van der Waals surface area contributed by atoms with Crippen LogP contribution in [-0.2, 0) is 16.6 Å². The average molecular weight is 489 g/mol. The van der Waals surface area contributed by atoms with Crippen LogP contribution in [-0.4, -0.2) is 52.9 Å². The minimum absolute atomic E-state index is 0.0574. The molecule has 1 fully saturated rings. The molecule has 0 N–H and O–H groups in total. The summed E-state index contributed by atoms with van der Waals surface area (Å²) in [5.41, 5.74) is 1.03. The molecule has 8 nitrogen and oxygen atoms in total. The Bertz CT molecular complexity index is 1250. The fraction of sp³-hybridized carbons (Fsp3) is 0.348. The summed E-state index contributed by atoms with van der Waals surface area (Å²) in [4.78, 5) is 15.1. The number of nitrogens with zero attached hydrogens (tertiary/aromatic N) is 4. The first kappa shape index (κ1) is 23.4. The van der Waals surface area contributed by atoms with Crippen LogP contribution in [0.5, 0.6) is 0 Å². The second-order valence-corrected chi connectivity index (χ2v) is 10.7. The van der Waals surface area contributed by atoms with Gasteiger partial charge in [0.2, 0.25) is 21.8 Å². The van der Waals surface area contributed by atoms with Crippen LogP contribution >= 0.6 is 11.6 Å². The molecule has 4 rings (SSSR count). The van der Waals surface area contributed by atoms with Gasteiger partial charge in [-0.15, -0.1) is 10.2 Å². The van der Waals surface area contributed by atoms with Gasteiger partial charge in [-0.05, 0) is 69.2 Å². The third-order valence-electron chi connectivity index (χ3n) is 5.60. The van der Waals surface area contributed by atoms with E-state index in [1.807, 2.05) is 0 Å². The van der Waals surface area contributed by atoms with Crippen molar-refractivity contribution < 1.29 is 17.6 Å². The third kappa shape index (κ3) is 5.10. The lowest BCUT2D eigenvalue weighted by Crippen LogP contribution is -2.34. The van der Waals surface area contributed by atoms with Crippen LogP contribution in [0.15, 0.2) is 57.8 Å². The van der Waals surface area contributed by atoms with Gasteiger partial charge in [0.15, 0.2) is 0 Å². The van der Waals surface area contributed by atoms with Crippen molar-refractivity contribution in [3.05, 3.63) is 65.0 Å². The molecule has 33 heavy (non-hydrogen) atoms. The molecule has 1 aromatic heterocycles. The van der Waals surface area contributed by atoms with Crippen LogP contribution in [0, 0.1) is 0 Å². The van der Waals surface area contributed by atoms with Crippen LogP contribution in [0.2, 0.25) is 5.02 Å². The van der Waals surface area contributed by atoms with Crippen LogP contribution in [0.3, 0.4) is 0 Å². The molecule has 1 heterocycles. The predicted octanol–water partition coefficient (Wildman–Crippen LogP) is 4.22. The van der Waals surface area contributed by atoms with Crippen molar-refractivity contribution in [2.24, 2.45) is 0 Å². The Balaban J connectivity index is 1.56. The lowest BCUT2D eigenvalue weighted by atomic mass is 10.2. The number of hydrogen-bond acceptors (Lipinski definition) is 6. The van der Waals surface area contributed by atoms with Crippen LogP contribution in [0.4, 0.5) is 0 Å². The van der Waals surface area contributed by atoms with E-state index in [0.717, 1.165) is 18.4 Å². The molecular formula is C23H25ClN4O4S. The Morgan fingerprint density at radius 3 is 2.48 bits per heavy atom. The number of carbonyl (C=O) groups is 1. The Labute approximate surface area is 198 Å². The zero-order chi connectivity index (χ0) is 23.8. The molecule has 10 heteroatoms. The number of sulfonamides is 1. The van der Waals surface area contributed by atoms with Crippen LogP contribution in [0.1, 0.15) is 42.9 Å². The fourth-order valence-electron chi connectivity index (χ4n) is 3.32. The Kier molecular flexibility index (Phi) is 6.56. The summed E-state index contributed by atoms with van der Waals surface area (Å²) >= 11 is 5.93. The second kappa shape index (κ2) is 9.24. The normalized spacial score (nSPS) is 14.1. The fourth-order valence-corrected chi connectivity index (χ4v) is 4.86. The minimum atomic E-state index is -3.70. The van der Waals surface area contributed by atoms with Crippen molar-refractivity contribution in [3.63, 3.8) is 0 Å². The maximum atomic E-state index is 13.3. The molecule has 1 amide bonds. The predicted molar refractivity (Wildman–Crippen MR) is 124 cm³/mol. The van der Waals surface area contributed by atoms with Crippen molar-refractivity contribution in [3.8, 4) is 11.5 Å². The highest BCUT2D eigenvalue weighted by Gasteiger charge is 2.35. The lowest BCUT2D eigenvalue weighted by Gasteiger charge is -2.23. The number of aromatic nitrogens is 2. The number of halogens is 1. The van der Waals surface area contributed by atoms with Gasteiger partial charge in [-0.2, -0.15) is 4.31 Å². The van der Waals surface area contributed by atoms with E-state index in [9.17, 15) is 13.2 Å². The number of benzene rings is 2. The highest BCUT2D eigenvalue weighted by Crippen LogP contribution is 2.31. The summed E-state index contributed by atoms with van der Waals surface area (Å²) in [5.74, 6) is 0.381. The molecule has 0 saturated heterocycles. The summed E-state index contributed by atoms with van der Waals surface area (Å²) in [6.45, 7) is 3.74. The van der Waals surface area contributed by atoms with E-state index in [0.29, 0.717) is 22.4 Å². The van der Waals surface area contributed by atoms with E-state index >= 15 is 0 Å². The average Bonchev–Trinajstić information content (AvgIpc) is 3.54. The number of rotatable bonds is 8. The molecule has 174 valence electrons. The van der Waals surface area contributed by atoms with E-state index < -0.39 is 10.0 Å². The first-order chi connectivity index (χ1) is 15.7. The summed E-state index contributed by atoms with van der Waals surface area (Å²) in [6.07, 6.45) is 1.75. The van der Waals surface area contributed by atoms with E-state index in [-0.39, 0.29) is 29.4 Å². The topological polar surface area (TPSA) is 96.6 Å². The lowest BCUT2D eigenvalue weighted by molar-refractivity contribution is 0.0714. The smallest absolute Gasteiger partial charge is 0.254 e. The first-order valence-electron chi connectivity index (χ1n) is 10.6. The van der Waals surface area contributed by atoms with Gasteiger partial charge < -0.3 is 9.32 Å². The largest absolute Gasteiger partial charge is 0.419 e. The van der Waals surface area contributed by atoms with Crippen molar-refractivity contribution in [2.45, 2.75) is 50.2 Å². The molecule has 1 aliphatic rings. The zero-order valence-corrected chi connectivity index (χ0v) is 20.2. The molecule has 0 radical (unpaired) electrons. The molecule has 0 bridgehead atoms. The number of hydrogen-bond donors (Lipinski definition) is 0. The maximum Gasteiger partial charge on any atom is 0.254 e. The van der Waals surface area contributed by atoms with Gasteiger partial charge in [-0.1, -0.05) is 17.7 Å². The standard InChI is InChI=1S/C23H25ClN4O4S/c1-15(2)27(3)33(30,31)20-6-4-5-17(13-20)23(29)28(19-11-12-19)14-21-25-26-22(32-21)16-7-9-18(24)10-8-16/h4-10,13,15,19H,11-12,14H2,1-3H3. The molecule has 3 aromatic rings. The number of amides is 1. The quantitative estimate of drug-likeness (QED) is 0.471. The number of carbonyl (C=O) groups excluding carboxylic acids is 1. The molecule has 2 aromatic carbocycles. The summed E-state index contributed by atoms with van der Waals surface area (Å²) in [6, 6.07) is 13.0. The van der Waals surface area contributed by atoms with E-state index in [2.05, 4.69) is 10.2 Å². The summed E-state index contributed by atoms with van der Waals surface area (Å²) in [5, 5.41) is 8.78. The van der Waals surface area contributed by atoms with Gasteiger partial charge in [-0.25, -0.2) is 8.42 Å². The molecule has 0 spiro atoms. The zero-order valence-electron chi connectivity index (χ0n) is 18.6. The van der Waals surface area contributed by atoms with Gasteiger partial charge >= 0.3 is 0 Å². The summed E-state index contributed by atoms with van der Waals surface area (Å²) < 4.78 is 32.8. The van der Waals surface area contributed by atoms with E-state index in [1.165, 1.54) is 23.5 Å². The molecule has 0 aliphatic heterocycles. The Morgan fingerprint density at radius 2 is 1.85 bits per heavy atom. The molecule has 0 unspecified atom stereocenters.